The molecular formula is C9H13N3O4S. The van der Waals surface area contributed by atoms with Crippen LogP contribution < -0.4 is 0 Å². The van der Waals surface area contributed by atoms with Crippen molar-refractivity contribution in [3.05, 3.63) is 12.3 Å². The normalized spacial score (nSPS) is 16.3. The van der Waals surface area contributed by atoms with E-state index in [1.807, 2.05) is 0 Å². The van der Waals surface area contributed by atoms with E-state index >= 15 is 0 Å². The number of nitrogens with one attached hydrogen (secondary N) is 1. The smallest absolute Gasteiger partial charge is 0.304 e. The highest BCUT2D eigenvalue weighted by molar-refractivity contribution is 7.89. The maximum Gasteiger partial charge on any atom is 0.304 e. The zero-order chi connectivity index (χ0) is 12.5. The average molecular weight is 259 g/mol. The Bertz CT molecular complexity index is 492. The zero-order valence-electron chi connectivity index (χ0n) is 9.04. The van der Waals surface area contributed by atoms with Crippen molar-refractivity contribution in [2.75, 3.05) is 6.54 Å². The van der Waals surface area contributed by atoms with E-state index in [0.29, 0.717) is 0 Å². The van der Waals surface area contributed by atoms with Gasteiger partial charge in [0, 0.05) is 12.6 Å². The minimum absolute atomic E-state index is 0.00134. The van der Waals surface area contributed by atoms with Gasteiger partial charge in [-0.25, -0.2) is 8.42 Å². The van der Waals surface area contributed by atoms with Crippen molar-refractivity contribution < 1.29 is 18.3 Å². The van der Waals surface area contributed by atoms with Gasteiger partial charge in [0.05, 0.1) is 12.6 Å². The molecule has 1 fully saturated rings. The molecule has 0 aliphatic heterocycles. The molecule has 1 aliphatic carbocycles. The number of hydrogen-bond donors (Lipinski definition) is 2. The SMILES string of the molecule is O=C(O)CCN(C1CC1)S(=O)(=O)c1ccn[nH]1. The lowest BCUT2D eigenvalue weighted by Crippen LogP contribution is -2.35. The number of hydrogen-bond acceptors (Lipinski definition) is 4. The molecule has 17 heavy (non-hydrogen) atoms. The highest BCUT2D eigenvalue weighted by Crippen LogP contribution is 2.31. The summed E-state index contributed by atoms with van der Waals surface area (Å²) in [6.45, 7) is 0.00134. The third-order valence-electron chi connectivity index (χ3n) is 2.56. The third-order valence-corrected chi connectivity index (χ3v) is 4.44. The number of aromatic nitrogens is 2. The van der Waals surface area contributed by atoms with Crippen molar-refractivity contribution in [2.45, 2.75) is 30.3 Å². The fourth-order valence-electron chi connectivity index (χ4n) is 1.58. The van der Waals surface area contributed by atoms with Gasteiger partial charge in [-0.1, -0.05) is 0 Å². The van der Waals surface area contributed by atoms with Gasteiger partial charge in [-0.3, -0.25) is 9.89 Å². The Labute approximate surface area is 98.5 Å². The van der Waals surface area contributed by atoms with Crippen LogP contribution >= 0.6 is 0 Å². The second kappa shape index (κ2) is 4.46. The molecule has 0 radical (unpaired) electrons. The van der Waals surface area contributed by atoms with Crippen molar-refractivity contribution in [3.8, 4) is 0 Å². The predicted octanol–water partition coefficient (Wildman–Crippen LogP) is 0.0375. The summed E-state index contributed by atoms with van der Waals surface area (Å²) in [5, 5.41) is 14.6. The molecule has 1 aromatic heterocycles. The third kappa shape index (κ3) is 2.64. The number of nitrogens with zero attached hydrogens (tertiary/aromatic N) is 2. The Balaban J connectivity index is 2.18. The van der Waals surface area contributed by atoms with Gasteiger partial charge in [-0.15, -0.1) is 0 Å². The predicted molar refractivity (Wildman–Crippen MR) is 57.8 cm³/mol. The van der Waals surface area contributed by atoms with Crippen LogP contribution in [0.3, 0.4) is 0 Å². The fourth-order valence-corrected chi connectivity index (χ4v) is 3.17. The van der Waals surface area contributed by atoms with Gasteiger partial charge in [0.15, 0.2) is 5.03 Å². The largest absolute Gasteiger partial charge is 0.481 e. The van der Waals surface area contributed by atoms with Gasteiger partial charge in [0.1, 0.15) is 0 Å². The van der Waals surface area contributed by atoms with Crippen LogP contribution in [-0.2, 0) is 14.8 Å². The monoisotopic (exact) mass is 259 g/mol. The number of carboxylic acid groups (broad SMARTS) is 1. The summed E-state index contributed by atoms with van der Waals surface area (Å²) in [6, 6.07) is 1.30. The molecule has 94 valence electrons. The van der Waals surface area contributed by atoms with Crippen molar-refractivity contribution in [2.24, 2.45) is 0 Å². The summed E-state index contributed by atoms with van der Waals surface area (Å²) in [5.41, 5.74) is 0. The van der Waals surface area contributed by atoms with Crippen LogP contribution in [0.25, 0.3) is 0 Å². The first-order valence-corrected chi connectivity index (χ1v) is 6.69. The molecule has 0 aromatic carbocycles. The minimum Gasteiger partial charge on any atom is -0.481 e. The second-order valence-corrected chi connectivity index (χ2v) is 5.77. The first-order chi connectivity index (χ1) is 8.01. The Morgan fingerprint density at radius 3 is 2.76 bits per heavy atom. The van der Waals surface area contributed by atoms with E-state index in [-0.39, 0.29) is 24.0 Å². The van der Waals surface area contributed by atoms with E-state index < -0.39 is 16.0 Å². The van der Waals surface area contributed by atoms with Gasteiger partial charge in [-0.2, -0.15) is 9.40 Å². The van der Waals surface area contributed by atoms with Crippen LogP contribution in [0.5, 0.6) is 0 Å². The first kappa shape index (κ1) is 12.1. The standard InChI is InChI=1S/C9H13N3O4S/c13-9(14)4-6-12(7-1-2-7)17(15,16)8-3-5-10-11-8/h3,5,7H,1-2,4,6H2,(H,10,11)(H,13,14). The average Bonchev–Trinajstić information content (AvgIpc) is 2.92. The van der Waals surface area contributed by atoms with Crippen LogP contribution in [0.15, 0.2) is 17.3 Å². The Morgan fingerprint density at radius 2 is 2.29 bits per heavy atom. The summed E-state index contributed by atoms with van der Waals surface area (Å²) in [7, 11) is -3.64. The van der Waals surface area contributed by atoms with Crippen LogP contribution in [-0.4, -0.2) is 46.6 Å². The molecule has 0 spiro atoms. The number of carboxylic acids is 1. The molecule has 0 unspecified atom stereocenters. The summed E-state index contributed by atoms with van der Waals surface area (Å²) >= 11 is 0. The molecule has 2 N–H and O–H groups in total. The number of carbonyl (C=O) groups is 1. The topological polar surface area (TPSA) is 103 Å². The zero-order valence-corrected chi connectivity index (χ0v) is 9.85. The Kier molecular flexibility index (Phi) is 3.16. The quantitative estimate of drug-likeness (QED) is 0.750. The molecule has 0 amide bonds. The van der Waals surface area contributed by atoms with Gasteiger partial charge < -0.3 is 5.11 Å². The van der Waals surface area contributed by atoms with E-state index in [1.54, 1.807) is 0 Å². The molecule has 1 saturated carbocycles. The van der Waals surface area contributed by atoms with Crippen molar-refractivity contribution in [1.29, 1.82) is 0 Å². The second-order valence-electron chi connectivity index (χ2n) is 3.91. The Morgan fingerprint density at radius 1 is 1.59 bits per heavy atom. The van der Waals surface area contributed by atoms with Gasteiger partial charge in [-0.05, 0) is 18.9 Å². The lowest BCUT2D eigenvalue weighted by Gasteiger charge is -2.19. The lowest BCUT2D eigenvalue weighted by molar-refractivity contribution is -0.137. The van der Waals surface area contributed by atoms with E-state index in [0.717, 1.165) is 12.8 Å². The number of H-pyrrole nitrogens is 1. The first-order valence-electron chi connectivity index (χ1n) is 5.25. The highest BCUT2D eigenvalue weighted by atomic mass is 32.2. The van der Waals surface area contributed by atoms with Crippen molar-refractivity contribution in [1.82, 2.24) is 14.5 Å². The number of aliphatic carboxylic acids is 1. The Hall–Kier alpha value is -1.41. The maximum absolute atomic E-state index is 12.1. The van der Waals surface area contributed by atoms with E-state index in [2.05, 4.69) is 10.2 Å². The van der Waals surface area contributed by atoms with Crippen molar-refractivity contribution in [3.63, 3.8) is 0 Å². The van der Waals surface area contributed by atoms with Crippen LogP contribution in [0, 0.1) is 0 Å². The van der Waals surface area contributed by atoms with Crippen LogP contribution in [0.2, 0.25) is 0 Å². The van der Waals surface area contributed by atoms with Crippen LogP contribution in [0.4, 0.5) is 0 Å². The molecule has 1 heterocycles. The minimum atomic E-state index is -3.64. The fraction of sp³-hybridized carbons (Fsp3) is 0.556. The van der Waals surface area contributed by atoms with Crippen molar-refractivity contribution >= 4 is 16.0 Å². The molecule has 8 heteroatoms. The number of sulfonamides is 1. The maximum atomic E-state index is 12.1. The number of aromatic amines is 1. The van der Waals surface area contributed by atoms with Crippen LogP contribution in [0.1, 0.15) is 19.3 Å². The molecule has 1 aromatic rings. The molecular weight excluding hydrogens is 246 g/mol. The molecule has 0 saturated heterocycles. The number of rotatable bonds is 6. The lowest BCUT2D eigenvalue weighted by atomic mass is 10.4. The molecule has 0 bridgehead atoms. The molecule has 0 atom stereocenters. The molecule has 2 rings (SSSR count). The summed E-state index contributed by atoms with van der Waals surface area (Å²) < 4.78 is 25.5. The van der Waals surface area contributed by atoms with E-state index in [1.165, 1.54) is 16.6 Å². The van der Waals surface area contributed by atoms with Gasteiger partial charge in [0.2, 0.25) is 0 Å². The highest BCUT2D eigenvalue weighted by Gasteiger charge is 2.38. The van der Waals surface area contributed by atoms with E-state index in [9.17, 15) is 13.2 Å². The van der Waals surface area contributed by atoms with E-state index in [4.69, 9.17) is 5.11 Å². The molecule has 7 nitrogen and oxygen atoms in total. The summed E-state index contributed by atoms with van der Waals surface area (Å²) in [4.78, 5) is 10.5. The summed E-state index contributed by atoms with van der Waals surface area (Å²) in [5.74, 6) is -1.00. The van der Waals surface area contributed by atoms with Gasteiger partial charge in [0.25, 0.3) is 10.0 Å². The summed E-state index contributed by atoms with van der Waals surface area (Å²) in [6.07, 6.45) is 2.74. The van der Waals surface area contributed by atoms with Gasteiger partial charge >= 0.3 is 5.97 Å². The molecule has 1 aliphatic rings.